The summed E-state index contributed by atoms with van der Waals surface area (Å²) in [6.07, 6.45) is 3.76. The van der Waals surface area contributed by atoms with E-state index < -0.39 is 0 Å². The largest absolute Gasteiger partial charge is 0.442 e. The number of aromatic nitrogens is 1. The average Bonchev–Trinajstić information content (AvgIpc) is 3.30. The van der Waals surface area contributed by atoms with Gasteiger partial charge in [-0.15, -0.1) is 0 Å². The van der Waals surface area contributed by atoms with Gasteiger partial charge in [-0.2, -0.15) is 0 Å². The Morgan fingerprint density at radius 3 is 2.52 bits per heavy atom. The van der Waals surface area contributed by atoms with E-state index in [0.29, 0.717) is 12.6 Å². The molecule has 2 aromatic rings. The minimum atomic E-state index is -0.199. The second kappa shape index (κ2) is 5.85. The van der Waals surface area contributed by atoms with Crippen molar-refractivity contribution in [3.8, 4) is 0 Å². The molecule has 128 valence electrons. The quantitative estimate of drug-likeness (QED) is 0.863. The number of rotatable bonds is 3. The number of hydrogen-bond acceptors (Lipinski definition) is 4. The van der Waals surface area contributed by atoms with Crippen LogP contribution in [0.5, 0.6) is 0 Å². The van der Waals surface area contributed by atoms with Crippen molar-refractivity contribution in [1.29, 1.82) is 0 Å². The normalized spacial score (nSPS) is 25.9. The van der Waals surface area contributed by atoms with E-state index >= 15 is 0 Å². The SMILES string of the molecule is O=C1O[C@H]2CN(C3Cc4ccccc4C3)C[C@H]2N1Cc1ccccn1. The van der Waals surface area contributed by atoms with Crippen LogP contribution in [0.4, 0.5) is 4.79 Å². The standard InChI is InChI=1S/C20H21N3O2/c24-20-23(11-16-7-3-4-8-21-16)18-12-22(13-19(18)25-20)17-9-14-5-1-2-6-15(14)10-17/h1-8,17-19H,9-13H2/t18-,19+/m1/s1. The highest BCUT2D eigenvalue weighted by molar-refractivity contribution is 5.71. The summed E-state index contributed by atoms with van der Waals surface area (Å²) in [5.41, 5.74) is 3.84. The predicted octanol–water partition coefficient (Wildman–Crippen LogP) is 2.25. The van der Waals surface area contributed by atoms with Gasteiger partial charge in [-0.1, -0.05) is 30.3 Å². The Hall–Kier alpha value is -2.40. The van der Waals surface area contributed by atoms with Crippen molar-refractivity contribution in [3.05, 3.63) is 65.5 Å². The number of ether oxygens (including phenoxy) is 1. The van der Waals surface area contributed by atoms with E-state index in [-0.39, 0.29) is 18.2 Å². The summed E-state index contributed by atoms with van der Waals surface area (Å²) >= 11 is 0. The molecule has 0 N–H and O–H groups in total. The van der Waals surface area contributed by atoms with Crippen LogP contribution in [0.3, 0.4) is 0 Å². The van der Waals surface area contributed by atoms with Gasteiger partial charge in [0.25, 0.3) is 0 Å². The van der Waals surface area contributed by atoms with Gasteiger partial charge in [0.15, 0.2) is 0 Å². The summed E-state index contributed by atoms with van der Waals surface area (Å²) in [5, 5.41) is 0. The van der Waals surface area contributed by atoms with E-state index in [9.17, 15) is 4.79 Å². The van der Waals surface area contributed by atoms with Crippen molar-refractivity contribution < 1.29 is 9.53 Å². The highest BCUT2D eigenvalue weighted by atomic mass is 16.6. The number of carbonyl (C=O) groups excluding carboxylic acids is 1. The van der Waals surface area contributed by atoms with Gasteiger partial charge >= 0.3 is 6.09 Å². The molecule has 2 fully saturated rings. The van der Waals surface area contributed by atoms with Gasteiger partial charge in [-0.3, -0.25) is 14.8 Å². The van der Waals surface area contributed by atoms with Crippen molar-refractivity contribution in [1.82, 2.24) is 14.8 Å². The van der Waals surface area contributed by atoms with Gasteiger partial charge in [-0.05, 0) is 36.1 Å². The summed E-state index contributed by atoms with van der Waals surface area (Å²) in [4.78, 5) is 21.0. The Labute approximate surface area is 147 Å². The minimum absolute atomic E-state index is 0.0140. The molecular weight excluding hydrogens is 314 g/mol. The van der Waals surface area contributed by atoms with Gasteiger partial charge in [0.05, 0.1) is 18.3 Å². The number of nitrogens with zero attached hydrogens (tertiary/aromatic N) is 3. The van der Waals surface area contributed by atoms with E-state index in [1.165, 1.54) is 11.1 Å². The lowest BCUT2D eigenvalue weighted by Gasteiger charge is -2.26. The Morgan fingerprint density at radius 1 is 1.04 bits per heavy atom. The van der Waals surface area contributed by atoms with Crippen LogP contribution in [0.2, 0.25) is 0 Å². The molecule has 0 saturated carbocycles. The molecule has 1 amide bonds. The highest BCUT2D eigenvalue weighted by Gasteiger charge is 2.49. The molecule has 1 aromatic heterocycles. The van der Waals surface area contributed by atoms with Crippen LogP contribution < -0.4 is 0 Å². The molecule has 1 aliphatic carbocycles. The number of carbonyl (C=O) groups is 1. The van der Waals surface area contributed by atoms with E-state index in [1.807, 2.05) is 23.1 Å². The number of likely N-dealkylation sites (tertiary alicyclic amines) is 1. The number of pyridine rings is 1. The van der Waals surface area contributed by atoms with Gasteiger partial charge < -0.3 is 4.74 Å². The molecule has 2 aliphatic heterocycles. The zero-order valence-corrected chi connectivity index (χ0v) is 14.0. The molecule has 2 saturated heterocycles. The van der Waals surface area contributed by atoms with Crippen LogP contribution in [0.25, 0.3) is 0 Å². The molecule has 3 heterocycles. The Bertz CT molecular complexity index is 770. The van der Waals surface area contributed by atoms with Crippen LogP contribution in [0.1, 0.15) is 16.8 Å². The Kier molecular flexibility index (Phi) is 3.48. The van der Waals surface area contributed by atoms with E-state index in [2.05, 4.69) is 34.1 Å². The molecular formula is C20H21N3O2. The van der Waals surface area contributed by atoms with Crippen LogP contribution >= 0.6 is 0 Å². The molecule has 3 aliphatic rings. The predicted molar refractivity (Wildman–Crippen MR) is 93.0 cm³/mol. The lowest BCUT2D eigenvalue weighted by molar-refractivity contribution is 0.112. The summed E-state index contributed by atoms with van der Waals surface area (Å²) in [6, 6.07) is 15.2. The van der Waals surface area contributed by atoms with Gasteiger partial charge in [0.2, 0.25) is 0 Å². The first-order valence-electron chi connectivity index (χ1n) is 8.96. The molecule has 0 spiro atoms. The molecule has 0 bridgehead atoms. The van der Waals surface area contributed by atoms with Crippen LogP contribution in [-0.4, -0.2) is 52.2 Å². The molecule has 0 unspecified atom stereocenters. The fourth-order valence-electron chi connectivity index (χ4n) is 4.47. The number of hydrogen-bond donors (Lipinski definition) is 0. The van der Waals surface area contributed by atoms with Crippen LogP contribution in [0, 0.1) is 0 Å². The second-order valence-electron chi connectivity index (χ2n) is 7.22. The number of amides is 1. The monoisotopic (exact) mass is 335 g/mol. The van der Waals surface area contributed by atoms with Crippen molar-refractivity contribution in [2.45, 2.75) is 37.6 Å². The molecule has 5 heteroatoms. The van der Waals surface area contributed by atoms with Crippen molar-refractivity contribution in [2.75, 3.05) is 13.1 Å². The smallest absolute Gasteiger partial charge is 0.410 e. The number of benzene rings is 1. The first-order chi connectivity index (χ1) is 12.3. The summed E-state index contributed by atoms with van der Waals surface area (Å²) in [5.74, 6) is 0. The third-order valence-corrected chi connectivity index (χ3v) is 5.76. The van der Waals surface area contributed by atoms with Crippen molar-refractivity contribution in [3.63, 3.8) is 0 Å². The molecule has 1 aromatic carbocycles. The van der Waals surface area contributed by atoms with E-state index in [0.717, 1.165) is 31.6 Å². The Balaban J connectivity index is 1.29. The van der Waals surface area contributed by atoms with E-state index in [1.54, 1.807) is 6.20 Å². The Morgan fingerprint density at radius 2 is 1.80 bits per heavy atom. The van der Waals surface area contributed by atoms with E-state index in [4.69, 9.17) is 4.74 Å². The molecule has 0 radical (unpaired) electrons. The minimum Gasteiger partial charge on any atom is -0.442 e. The summed E-state index contributed by atoms with van der Waals surface area (Å²) < 4.78 is 5.65. The topological polar surface area (TPSA) is 45.7 Å². The molecule has 5 rings (SSSR count). The zero-order chi connectivity index (χ0) is 16.8. The van der Waals surface area contributed by atoms with Crippen LogP contribution in [0.15, 0.2) is 48.7 Å². The maximum Gasteiger partial charge on any atom is 0.410 e. The van der Waals surface area contributed by atoms with Crippen molar-refractivity contribution >= 4 is 6.09 Å². The molecule has 25 heavy (non-hydrogen) atoms. The third-order valence-electron chi connectivity index (χ3n) is 5.76. The first-order valence-corrected chi connectivity index (χ1v) is 8.96. The molecule has 2 atom stereocenters. The van der Waals surface area contributed by atoms with Gasteiger partial charge in [0.1, 0.15) is 6.10 Å². The van der Waals surface area contributed by atoms with Crippen molar-refractivity contribution in [2.24, 2.45) is 0 Å². The maximum absolute atomic E-state index is 12.3. The summed E-state index contributed by atoms with van der Waals surface area (Å²) in [7, 11) is 0. The average molecular weight is 335 g/mol. The summed E-state index contributed by atoms with van der Waals surface area (Å²) in [6.45, 7) is 2.26. The maximum atomic E-state index is 12.3. The number of fused-ring (bicyclic) bond motifs is 2. The fraction of sp³-hybridized carbons (Fsp3) is 0.400. The highest BCUT2D eigenvalue weighted by Crippen LogP contribution is 2.33. The van der Waals surface area contributed by atoms with Gasteiger partial charge in [0, 0.05) is 25.3 Å². The first kappa shape index (κ1) is 14.9. The molecule has 5 nitrogen and oxygen atoms in total. The fourth-order valence-corrected chi connectivity index (χ4v) is 4.47. The third kappa shape index (κ3) is 2.59. The van der Waals surface area contributed by atoms with Gasteiger partial charge in [-0.25, -0.2) is 4.79 Å². The van der Waals surface area contributed by atoms with Crippen LogP contribution in [-0.2, 0) is 24.1 Å². The second-order valence-corrected chi connectivity index (χ2v) is 7.22. The lowest BCUT2D eigenvalue weighted by atomic mass is 10.1. The zero-order valence-electron chi connectivity index (χ0n) is 14.0. The lowest BCUT2D eigenvalue weighted by Crippen LogP contribution is -2.40.